The minimum Gasteiger partial charge on any atom is -0.481 e. The summed E-state index contributed by atoms with van der Waals surface area (Å²) in [5.74, 6) is -0.620. The third kappa shape index (κ3) is 4.79. The molecule has 0 amide bonds. The summed E-state index contributed by atoms with van der Waals surface area (Å²) in [6.45, 7) is 12.9. The Hall–Kier alpha value is -1.84. The summed E-state index contributed by atoms with van der Waals surface area (Å²) in [4.78, 5) is 26.6. The van der Waals surface area contributed by atoms with Crippen molar-refractivity contribution in [3.8, 4) is 0 Å². The maximum atomic E-state index is 13.4. The molecule has 4 heteroatoms. The highest BCUT2D eigenvalue weighted by Gasteiger charge is 2.59. The predicted molar refractivity (Wildman–Crippen MR) is 137 cm³/mol. The van der Waals surface area contributed by atoms with Crippen LogP contribution in [0.1, 0.15) is 98.0 Å². The molecular formula is C30H46O4. The van der Waals surface area contributed by atoms with Crippen molar-refractivity contribution in [2.24, 2.45) is 46.3 Å². The minimum atomic E-state index is -0.960. The molecule has 190 valence electrons. The molecule has 0 aromatic heterocycles. The Morgan fingerprint density at radius 3 is 1.85 bits per heavy atom. The van der Waals surface area contributed by atoms with Crippen molar-refractivity contribution >= 4 is 11.9 Å². The first-order chi connectivity index (χ1) is 16.0. The Morgan fingerprint density at radius 1 is 0.824 bits per heavy atom. The number of carboxylic acids is 2. The molecule has 0 heterocycles. The van der Waals surface area contributed by atoms with Crippen LogP contribution in [0.5, 0.6) is 0 Å². The lowest BCUT2D eigenvalue weighted by atomic mass is 9.48. The molecule has 0 radical (unpaired) electrons. The van der Waals surface area contributed by atoms with Gasteiger partial charge in [0.2, 0.25) is 0 Å². The number of hydrogen-bond donors (Lipinski definition) is 2. The standard InChI is InChI=1S/C30H46O4/c1-19(2)24-14-12-21(5)16-29(24,27(31)32)18-26(23-10-8-7-9-11-23)30(28(33)34)17-22(6)13-15-25(30)20(3)4/h7-11,19-22,24-26H,12-18H2,1-6H3,(H,31,32)(H,33,34)/t21?,22?,24?,25?,26-,29?,30?/m1/s1. The highest BCUT2D eigenvalue weighted by atomic mass is 16.4. The third-order valence-electron chi connectivity index (χ3n) is 9.54. The average molecular weight is 471 g/mol. The molecule has 3 rings (SSSR count). The van der Waals surface area contributed by atoms with Crippen LogP contribution in [0.15, 0.2) is 30.3 Å². The van der Waals surface area contributed by atoms with Gasteiger partial charge in [-0.25, -0.2) is 0 Å². The summed E-state index contributed by atoms with van der Waals surface area (Å²) in [6.07, 6.45) is 5.52. The van der Waals surface area contributed by atoms with E-state index in [1.165, 1.54) is 0 Å². The quantitative estimate of drug-likeness (QED) is 0.413. The van der Waals surface area contributed by atoms with Gasteiger partial charge in [-0.1, -0.05) is 84.7 Å². The van der Waals surface area contributed by atoms with Gasteiger partial charge in [0.1, 0.15) is 0 Å². The summed E-state index contributed by atoms with van der Waals surface area (Å²) in [6, 6.07) is 10.00. The summed E-state index contributed by atoms with van der Waals surface area (Å²) >= 11 is 0. The lowest BCUT2D eigenvalue weighted by molar-refractivity contribution is -0.170. The molecule has 0 saturated heterocycles. The van der Waals surface area contributed by atoms with Gasteiger partial charge in [-0.05, 0) is 73.2 Å². The van der Waals surface area contributed by atoms with Crippen molar-refractivity contribution < 1.29 is 19.8 Å². The molecule has 0 aliphatic heterocycles. The lowest BCUT2D eigenvalue weighted by Crippen LogP contribution is -2.53. The van der Waals surface area contributed by atoms with Crippen LogP contribution in [-0.4, -0.2) is 22.2 Å². The first-order valence-corrected chi connectivity index (χ1v) is 13.5. The van der Waals surface area contributed by atoms with Crippen molar-refractivity contribution in [2.75, 3.05) is 0 Å². The van der Waals surface area contributed by atoms with Gasteiger partial charge < -0.3 is 10.2 Å². The molecule has 2 saturated carbocycles. The Labute approximate surface area is 206 Å². The van der Waals surface area contributed by atoms with Crippen LogP contribution in [0.2, 0.25) is 0 Å². The van der Waals surface area contributed by atoms with Crippen LogP contribution >= 0.6 is 0 Å². The van der Waals surface area contributed by atoms with E-state index in [1.807, 2.05) is 30.3 Å². The molecule has 0 bridgehead atoms. The van der Waals surface area contributed by atoms with E-state index in [1.54, 1.807) is 0 Å². The zero-order chi connectivity index (χ0) is 25.3. The molecule has 6 unspecified atom stereocenters. The fraction of sp³-hybridized carbons (Fsp3) is 0.733. The molecule has 2 N–H and O–H groups in total. The smallest absolute Gasteiger partial charge is 0.310 e. The largest absolute Gasteiger partial charge is 0.481 e. The SMILES string of the molecule is CC1CCC(C(C)C)C(C[C@H](c2ccccc2)C2(C(=O)O)CC(C)CCC2C(C)C)(C(=O)O)C1. The molecule has 2 fully saturated rings. The van der Waals surface area contributed by atoms with Crippen LogP contribution in [-0.2, 0) is 9.59 Å². The van der Waals surface area contributed by atoms with Gasteiger partial charge in [0, 0.05) is 5.92 Å². The van der Waals surface area contributed by atoms with Crippen molar-refractivity contribution in [2.45, 2.75) is 92.4 Å². The Bertz CT molecular complexity index is 847. The molecule has 1 aromatic carbocycles. The Morgan fingerprint density at radius 2 is 1.35 bits per heavy atom. The molecule has 0 spiro atoms. The molecule has 2 aliphatic rings. The third-order valence-corrected chi connectivity index (χ3v) is 9.54. The van der Waals surface area contributed by atoms with Gasteiger partial charge in [-0.3, -0.25) is 9.59 Å². The number of carbonyl (C=O) groups is 2. The summed E-state index contributed by atoms with van der Waals surface area (Å²) in [5, 5.41) is 21.8. The van der Waals surface area contributed by atoms with Crippen LogP contribution in [0.4, 0.5) is 0 Å². The van der Waals surface area contributed by atoms with Gasteiger partial charge in [-0.15, -0.1) is 0 Å². The number of carboxylic acid groups (broad SMARTS) is 2. The molecule has 2 aliphatic carbocycles. The second kappa shape index (κ2) is 10.4. The number of rotatable bonds is 8. The normalized spacial score (nSPS) is 35.3. The maximum absolute atomic E-state index is 13.4. The van der Waals surface area contributed by atoms with E-state index in [-0.39, 0.29) is 29.6 Å². The number of benzene rings is 1. The topological polar surface area (TPSA) is 74.6 Å². The van der Waals surface area contributed by atoms with E-state index in [4.69, 9.17) is 0 Å². The van der Waals surface area contributed by atoms with E-state index in [2.05, 4.69) is 41.5 Å². The van der Waals surface area contributed by atoms with E-state index < -0.39 is 22.8 Å². The maximum Gasteiger partial charge on any atom is 0.310 e. The first-order valence-electron chi connectivity index (χ1n) is 13.5. The van der Waals surface area contributed by atoms with Crippen molar-refractivity contribution in [3.63, 3.8) is 0 Å². The summed E-state index contributed by atoms with van der Waals surface area (Å²) in [7, 11) is 0. The zero-order valence-corrected chi connectivity index (χ0v) is 22.1. The van der Waals surface area contributed by atoms with Gasteiger partial charge in [0.05, 0.1) is 10.8 Å². The Balaban J connectivity index is 2.25. The fourth-order valence-corrected chi connectivity index (χ4v) is 8.08. The average Bonchev–Trinajstić information content (AvgIpc) is 2.77. The highest BCUT2D eigenvalue weighted by Crippen LogP contribution is 2.61. The Kier molecular flexibility index (Phi) is 8.20. The van der Waals surface area contributed by atoms with E-state index >= 15 is 0 Å². The number of hydrogen-bond acceptors (Lipinski definition) is 2. The van der Waals surface area contributed by atoms with Crippen molar-refractivity contribution in [1.29, 1.82) is 0 Å². The highest BCUT2D eigenvalue weighted by molar-refractivity contribution is 5.79. The molecular weight excluding hydrogens is 424 g/mol. The molecule has 1 aromatic rings. The molecule has 34 heavy (non-hydrogen) atoms. The van der Waals surface area contributed by atoms with Crippen LogP contribution in [0.3, 0.4) is 0 Å². The van der Waals surface area contributed by atoms with Crippen LogP contribution in [0.25, 0.3) is 0 Å². The second-order valence-electron chi connectivity index (χ2n) is 12.4. The van der Waals surface area contributed by atoms with Gasteiger partial charge in [-0.2, -0.15) is 0 Å². The first kappa shape index (κ1) is 26.8. The second-order valence-corrected chi connectivity index (χ2v) is 12.4. The van der Waals surface area contributed by atoms with Crippen LogP contribution < -0.4 is 0 Å². The van der Waals surface area contributed by atoms with Gasteiger partial charge in [0.15, 0.2) is 0 Å². The zero-order valence-electron chi connectivity index (χ0n) is 22.1. The summed E-state index contributed by atoms with van der Waals surface area (Å²) < 4.78 is 0. The van der Waals surface area contributed by atoms with Gasteiger partial charge >= 0.3 is 11.9 Å². The monoisotopic (exact) mass is 470 g/mol. The van der Waals surface area contributed by atoms with Crippen LogP contribution in [0, 0.1) is 46.3 Å². The minimum absolute atomic E-state index is 0.0239. The van der Waals surface area contributed by atoms with E-state index in [0.717, 1.165) is 31.2 Å². The lowest BCUT2D eigenvalue weighted by Gasteiger charge is -2.54. The fourth-order valence-electron chi connectivity index (χ4n) is 8.08. The van der Waals surface area contributed by atoms with Gasteiger partial charge in [0.25, 0.3) is 0 Å². The van der Waals surface area contributed by atoms with E-state index in [0.29, 0.717) is 31.1 Å². The number of aliphatic carboxylic acids is 2. The summed E-state index contributed by atoms with van der Waals surface area (Å²) in [5.41, 5.74) is -0.875. The predicted octanol–water partition coefficient (Wildman–Crippen LogP) is 7.49. The van der Waals surface area contributed by atoms with Crippen molar-refractivity contribution in [3.05, 3.63) is 35.9 Å². The molecule has 7 atom stereocenters. The van der Waals surface area contributed by atoms with Crippen molar-refractivity contribution in [1.82, 2.24) is 0 Å². The molecule has 4 nitrogen and oxygen atoms in total. The van der Waals surface area contributed by atoms with E-state index in [9.17, 15) is 19.8 Å².